The van der Waals surface area contributed by atoms with Crippen LogP contribution < -0.4 is 0 Å². The molecule has 0 aromatic heterocycles. The quantitative estimate of drug-likeness (QED) is 0.775. The second-order valence-corrected chi connectivity index (χ2v) is 4.83. The molecule has 0 saturated heterocycles. The molecule has 0 aromatic rings. The molecule has 0 aliphatic rings. The monoisotopic (exact) mass is 215 g/mol. The Kier molecular flexibility index (Phi) is 4.78. The highest BCUT2D eigenvalue weighted by atomic mass is 16.4. The Balaban J connectivity index is 4.59. The van der Waals surface area contributed by atoms with Crippen molar-refractivity contribution in [1.29, 1.82) is 0 Å². The van der Waals surface area contributed by atoms with Crippen molar-refractivity contribution in [3.8, 4) is 0 Å². The van der Waals surface area contributed by atoms with Gasteiger partial charge in [-0.3, -0.25) is 9.59 Å². The molecule has 4 heteroatoms. The lowest BCUT2D eigenvalue weighted by atomic mass is 9.81. The molecule has 0 aromatic carbocycles. The molecule has 1 atom stereocenters. The van der Waals surface area contributed by atoms with Gasteiger partial charge >= 0.3 is 5.97 Å². The molecule has 0 heterocycles. The van der Waals surface area contributed by atoms with Crippen LogP contribution in [0.1, 0.15) is 34.6 Å². The lowest BCUT2D eigenvalue weighted by Gasteiger charge is -2.30. The van der Waals surface area contributed by atoms with Crippen LogP contribution in [0.15, 0.2) is 0 Å². The molecule has 0 saturated carbocycles. The van der Waals surface area contributed by atoms with Crippen molar-refractivity contribution in [2.24, 2.45) is 11.3 Å². The normalized spacial score (nSPS) is 13.4. The predicted octanol–water partition coefficient (Wildman–Crippen LogP) is 1.60. The number of amides is 1. The summed E-state index contributed by atoms with van der Waals surface area (Å²) in [6, 6.07) is 0. The number of carboxylic acid groups (broad SMARTS) is 1. The number of carbonyl (C=O) groups excluding carboxylic acids is 1. The number of nitrogens with zero attached hydrogens (tertiary/aromatic N) is 1. The van der Waals surface area contributed by atoms with Crippen LogP contribution in [0.5, 0.6) is 0 Å². The van der Waals surface area contributed by atoms with E-state index in [0.29, 0.717) is 6.54 Å². The summed E-state index contributed by atoms with van der Waals surface area (Å²) in [5.41, 5.74) is -0.136. The van der Waals surface area contributed by atoms with Crippen LogP contribution in [0, 0.1) is 11.3 Å². The summed E-state index contributed by atoms with van der Waals surface area (Å²) in [5, 5.41) is 8.65. The van der Waals surface area contributed by atoms with Crippen LogP contribution >= 0.6 is 0 Å². The Morgan fingerprint density at radius 3 is 2.07 bits per heavy atom. The number of likely N-dealkylation sites (N-methyl/N-ethyl adjacent to an activating group) is 1. The van der Waals surface area contributed by atoms with Crippen LogP contribution in [-0.2, 0) is 9.59 Å². The summed E-state index contributed by atoms with van der Waals surface area (Å²) in [6.45, 7) is 9.78. The van der Waals surface area contributed by atoms with E-state index in [0.717, 1.165) is 0 Å². The summed E-state index contributed by atoms with van der Waals surface area (Å²) in [6.07, 6.45) is 0. The molecule has 0 aliphatic heterocycles. The summed E-state index contributed by atoms with van der Waals surface area (Å²) in [4.78, 5) is 23.8. The number of carboxylic acids is 1. The minimum absolute atomic E-state index is 0.0904. The molecule has 0 aliphatic carbocycles. The molecule has 0 fully saturated rings. The van der Waals surface area contributed by atoms with Gasteiger partial charge in [-0.25, -0.2) is 0 Å². The summed E-state index contributed by atoms with van der Waals surface area (Å²) in [7, 11) is 0. The third-order valence-electron chi connectivity index (χ3n) is 2.69. The van der Waals surface area contributed by atoms with E-state index in [1.807, 2.05) is 27.7 Å². The van der Waals surface area contributed by atoms with Crippen molar-refractivity contribution in [2.45, 2.75) is 34.6 Å². The molecule has 0 bridgehead atoms. The van der Waals surface area contributed by atoms with Gasteiger partial charge in [0, 0.05) is 12.5 Å². The maximum absolute atomic E-state index is 11.9. The average molecular weight is 215 g/mol. The largest absolute Gasteiger partial charge is 0.480 e. The average Bonchev–Trinajstić information content (AvgIpc) is 2.10. The zero-order valence-corrected chi connectivity index (χ0v) is 10.2. The van der Waals surface area contributed by atoms with Gasteiger partial charge < -0.3 is 10.0 Å². The summed E-state index contributed by atoms with van der Waals surface area (Å²) < 4.78 is 0. The van der Waals surface area contributed by atoms with Crippen LogP contribution in [0.4, 0.5) is 0 Å². The van der Waals surface area contributed by atoms with E-state index in [9.17, 15) is 9.59 Å². The fraction of sp³-hybridized carbons (Fsp3) is 0.818. The highest BCUT2D eigenvalue weighted by Crippen LogP contribution is 2.26. The van der Waals surface area contributed by atoms with E-state index in [1.165, 1.54) is 4.90 Å². The standard InChI is InChI=1S/C11H21NO3/c1-6-12(7-9(13)14)10(15)8(2)11(3,4)5/h8H,6-7H2,1-5H3,(H,13,14). The first kappa shape index (κ1) is 13.9. The van der Waals surface area contributed by atoms with Gasteiger partial charge in [-0.15, -0.1) is 0 Å². The second kappa shape index (κ2) is 5.14. The molecule has 4 nitrogen and oxygen atoms in total. The Bertz CT molecular complexity index is 243. The van der Waals surface area contributed by atoms with Crippen LogP contribution in [-0.4, -0.2) is 35.0 Å². The van der Waals surface area contributed by atoms with Crippen LogP contribution in [0.2, 0.25) is 0 Å². The van der Waals surface area contributed by atoms with E-state index in [4.69, 9.17) is 5.11 Å². The number of aliphatic carboxylic acids is 1. The Hall–Kier alpha value is -1.06. The van der Waals surface area contributed by atoms with Gasteiger partial charge in [0.05, 0.1) is 0 Å². The predicted molar refractivity (Wildman–Crippen MR) is 58.5 cm³/mol. The highest BCUT2D eigenvalue weighted by Gasteiger charge is 2.30. The van der Waals surface area contributed by atoms with E-state index in [1.54, 1.807) is 6.92 Å². The van der Waals surface area contributed by atoms with Gasteiger partial charge in [0.1, 0.15) is 6.54 Å². The molecule has 88 valence electrons. The van der Waals surface area contributed by atoms with Crippen molar-refractivity contribution in [1.82, 2.24) is 4.90 Å². The smallest absolute Gasteiger partial charge is 0.323 e. The van der Waals surface area contributed by atoms with Gasteiger partial charge in [-0.1, -0.05) is 27.7 Å². The third kappa shape index (κ3) is 4.32. The van der Waals surface area contributed by atoms with Crippen molar-refractivity contribution >= 4 is 11.9 Å². The fourth-order valence-electron chi connectivity index (χ4n) is 1.15. The Labute approximate surface area is 91.3 Å². The first-order chi connectivity index (χ1) is 6.70. The molecule has 15 heavy (non-hydrogen) atoms. The number of hydrogen-bond acceptors (Lipinski definition) is 2. The molecule has 1 unspecified atom stereocenters. The zero-order valence-electron chi connectivity index (χ0n) is 10.2. The first-order valence-electron chi connectivity index (χ1n) is 5.20. The number of hydrogen-bond donors (Lipinski definition) is 1. The maximum Gasteiger partial charge on any atom is 0.323 e. The van der Waals surface area contributed by atoms with E-state index in [2.05, 4.69) is 0 Å². The van der Waals surface area contributed by atoms with Crippen molar-refractivity contribution in [3.63, 3.8) is 0 Å². The minimum atomic E-state index is -0.966. The summed E-state index contributed by atoms with van der Waals surface area (Å²) in [5.74, 6) is -1.23. The van der Waals surface area contributed by atoms with Crippen LogP contribution in [0.25, 0.3) is 0 Å². The second-order valence-electron chi connectivity index (χ2n) is 4.83. The van der Waals surface area contributed by atoms with E-state index in [-0.39, 0.29) is 23.8 Å². The van der Waals surface area contributed by atoms with E-state index >= 15 is 0 Å². The fourth-order valence-corrected chi connectivity index (χ4v) is 1.15. The number of carbonyl (C=O) groups is 2. The van der Waals surface area contributed by atoms with Gasteiger partial charge in [0.2, 0.25) is 5.91 Å². The first-order valence-corrected chi connectivity index (χ1v) is 5.20. The molecule has 0 spiro atoms. The number of rotatable bonds is 4. The van der Waals surface area contributed by atoms with Crippen LogP contribution in [0.3, 0.4) is 0 Å². The van der Waals surface area contributed by atoms with Gasteiger partial charge in [0.15, 0.2) is 0 Å². The summed E-state index contributed by atoms with van der Waals surface area (Å²) >= 11 is 0. The SMILES string of the molecule is CCN(CC(=O)O)C(=O)C(C)C(C)(C)C. The molecule has 1 N–H and O–H groups in total. The molecule has 0 rings (SSSR count). The van der Waals surface area contributed by atoms with Crippen molar-refractivity contribution in [3.05, 3.63) is 0 Å². The molecular formula is C11H21NO3. The topological polar surface area (TPSA) is 57.6 Å². The van der Waals surface area contributed by atoms with Crippen molar-refractivity contribution in [2.75, 3.05) is 13.1 Å². The Morgan fingerprint density at radius 2 is 1.80 bits per heavy atom. The maximum atomic E-state index is 11.9. The molecular weight excluding hydrogens is 194 g/mol. The Morgan fingerprint density at radius 1 is 1.33 bits per heavy atom. The third-order valence-corrected chi connectivity index (χ3v) is 2.69. The lowest BCUT2D eigenvalue weighted by molar-refractivity contribution is -0.147. The minimum Gasteiger partial charge on any atom is -0.480 e. The van der Waals surface area contributed by atoms with E-state index < -0.39 is 5.97 Å². The van der Waals surface area contributed by atoms with Gasteiger partial charge in [-0.2, -0.15) is 0 Å². The molecule has 0 radical (unpaired) electrons. The highest BCUT2D eigenvalue weighted by molar-refractivity contribution is 5.83. The van der Waals surface area contributed by atoms with Gasteiger partial charge in [-0.05, 0) is 12.3 Å². The van der Waals surface area contributed by atoms with Gasteiger partial charge in [0.25, 0.3) is 0 Å². The zero-order chi connectivity index (χ0) is 12.2. The lowest BCUT2D eigenvalue weighted by Crippen LogP contribution is -2.42. The van der Waals surface area contributed by atoms with Crippen molar-refractivity contribution < 1.29 is 14.7 Å². The molecule has 1 amide bonds.